The second-order valence-electron chi connectivity index (χ2n) is 10.6. The molecule has 1 atom stereocenters. The van der Waals surface area contributed by atoms with Crippen molar-refractivity contribution in [1.82, 2.24) is 5.32 Å². The summed E-state index contributed by atoms with van der Waals surface area (Å²) in [7, 11) is 0. The van der Waals surface area contributed by atoms with Crippen molar-refractivity contribution in [1.29, 1.82) is 0 Å². The fraction of sp³-hybridized carbons (Fsp3) is 0.577. The maximum atomic E-state index is 14.1. The number of benzene rings is 2. The fourth-order valence-corrected chi connectivity index (χ4v) is 4.46. The molecule has 0 spiro atoms. The molecule has 0 saturated heterocycles. The van der Waals surface area contributed by atoms with Crippen LogP contribution in [0.25, 0.3) is 10.8 Å². The molecule has 0 aliphatic heterocycles. The van der Waals surface area contributed by atoms with Crippen molar-refractivity contribution in [2.45, 2.75) is 83.0 Å². The number of amides is 1. The molecule has 3 rings (SSSR count). The highest BCUT2D eigenvalue weighted by Gasteiger charge is 2.43. The fourth-order valence-electron chi connectivity index (χ4n) is 4.46. The third kappa shape index (κ3) is 7.00. The van der Waals surface area contributed by atoms with Gasteiger partial charge in [-0.25, -0.2) is 4.79 Å². The molecule has 2 aromatic carbocycles. The number of nitrogens with one attached hydrogen (secondary N) is 1. The zero-order chi connectivity index (χ0) is 27.8. The number of fused-ring (bicyclic) bond motifs is 1. The van der Waals surface area contributed by atoms with Gasteiger partial charge >= 0.3 is 18.4 Å². The summed E-state index contributed by atoms with van der Waals surface area (Å²) in [5.41, 5.74) is -2.82. The van der Waals surface area contributed by atoms with Crippen LogP contribution in [0.1, 0.15) is 64.5 Å². The molecule has 2 N–H and O–H groups in total. The normalized spacial score (nSPS) is 20.8. The van der Waals surface area contributed by atoms with Gasteiger partial charge in [0, 0.05) is 0 Å². The minimum absolute atomic E-state index is 0.00361. The van der Waals surface area contributed by atoms with Crippen LogP contribution in [0.2, 0.25) is 0 Å². The Morgan fingerprint density at radius 1 is 0.973 bits per heavy atom. The van der Waals surface area contributed by atoms with Gasteiger partial charge in [0.1, 0.15) is 16.9 Å². The molecule has 5 nitrogen and oxygen atoms in total. The minimum Gasteiger partial charge on any atom is -0.490 e. The molecule has 1 amide bonds. The highest BCUT2D eigenvalue weighted by Crippen LogP contribution is 2.44. The van der Waals surface area contributed by atoms with Gasteiger partial charge in [0.05, 0.1) is 24.2 Å². The third-order valence-corrected chi connectivity index (χ3v) is 6.43. The summed E-state index contributed by atoms with van der Waals surface area (Å²) in [6.07, 6.45) is -11.1. The Bertz CT molecular complexity index is 1120. The van der Waals surface area contributed by atoms with Gasteiger partial charge in [-0.3, -0.25) is 0 Å². The average Bonchev–Trinajstić information content (AvgIpc) is 2.76. The first kappa shape index (κ1) is 28.9. The summed E-state index contributed by atoms with van der Waals surface area (Å²) in [4.78, 5) is 12.3. The largest absolute Gasteiger partial charge is 0.490 e. The van der Waals surface area contributed by atoms with Crippen LogP contribution >= 0.6 is 0 Å². The number of alkyl halides is 6. The maximum absolute atomic E-state index is 14.1. The Labute approximate surface area is 211 Å². The molecular formula is C26H31F6NO4. The zero-order valence-corrected chi connectivity index (χ0v) is 21.0. The number of halogens is 6. The van der Waals surface area contributed by atoms with Crippen LogP contribution in [-0.2, 0) is 16.5 Å². The highest BCUT2D eigenvalue weighted by atomic mass is 19.4. The van der Waals surface area contributed by atoms with E-state index in [1.165, 1.54) is 31.2 Å². The second-order valence-corrected chi connectivity index (χ2v) is 10.6. The smallest absolute Gasteiger partial charge is 0.420 e. The van der Waals surface area contributed by atoms with Crippen molar-refractivity contribution in [3.8, 4) is 5.75 Å². The number of carbonyl (C=O) groups excluding carboxylic acids is 1. The lowest BCUT2D eigenvalue weighted by atomic mass is 9.87. The lowest BCUT2D eigenvalue weighted by Gasteiger charge is -2.32. The maximum Gasteiger partial charge on any atom is 0.420 e. The molecular weight excluding hydrogens is 504 g/mol. The number of aliphatic hydroxyl groups excluding tert-OH is 1. The van der Waals surface area contributed by atoms with Crippen LogP contribution in [0.5, 0.6) is 5.75 Å². The van der Waals surface area contributed by atoms with Gasteiger partial charge in [0.25, 0.3) is 0 Å². The number of hydrogen-bond donors (Lipinski definition) is 2. The van der Waals surface area contributed by atoms with Crippen molar-refractivity contribution in [3.63, 3.8) is 0 Å². The van der Waals surface area contributed by atoms with Crippen molar-refractivity contribution in [2.75, 3.05) is 6.61 Å². The lowest BCUT2D eigenvalue weighted by molar-refractivity contribution is -0.185. The van der Waals surface area contributed by atoms with Crippen molar-refractivity contribution in [2.24, 2.45) is 5.92 Å². The van der Waals surface area contributed by atoms with Crippen LogP contribution < -0.4 is 10.1 Å². The molecule has 206 valence electrons. The number of aliphatic hydroxyl groups is 1. The Kier molecular flexibility index (Phi) is 7.98. The molecule has 37 heavy (non-hydrogen) atoms. The summed E-state index contributed by atoms with van der Waals surface area (Å²) < 4.78 is 92.1. The van der Waals surface area contributed by atoms with Crippen LogP contribution in [-0.4, -0.2) is 35.7 Å². The third-order valence-electron chi connectivity index (χ3n) is 6.43. The molecule has 0 heterocycles. The molecule has 0 aromatic heterocycles. The first-order chi connectivity index (χ1) is 16.9. The summed E-state index contributed by atoms with van der Waals surface area (Å²) in [6, 6.07) is 6.59. The number of ether oxygens (including phenoxy) is 2. The summed E-state index contributed by atoms with van der Waals surface area (Å²) in [5, 5.41) is 12.6. The number of hydrogen-bond acceptors (Lipinski definition) is 4. The number of alkyl carbamates (subject to hydrolysis) is 1. The molecule has 1 fully saturated rings. The summed E-state index contributed by atoms with van der Waals surface area (Å²) in [5.74, 6) is -1.92. The number of rotatable bonds is 5. The average molecular weight is 536 g/mol. The monoisotopic (exact) mass is 535 g/mol. The lowest BCUT2D eigenvalue weighted by Crippen LogP contribution is -2.48. The zero-order valence-electron chi connectivity index (χ0n) is 21.0. The first-order valence-electron chi connectivity index (χ1n) is 11.9. The Hall–Kier alpha value is -2.69. The standard InChI is InChI=1S/C26H31F6NO4/c1-23(2,3)37-22(35)33-24(4,14-34)17-8-11-19-15(13-17)5-12-20(21(19)26(30,31)32)36-18-9-6-16(7-10-18)25(27,28)29/h5,8,11-13,16,18,34H,6-7,9-10,14H2,1-4H3,(H,33,35)/t16?,18?,24-/m0/s1. The topological polar surface area (TPSA) is 67.8 Å². The molecule has 0 unspecified atom stereocenters. The molecule has 1 aliphatic carbocycles. The summed E-state index contributed by atoms with van der Waals surface area (Å²) in [6.45, 7) is 5.96. The van der Waals surface area contributed by atoms with Crippen molar-refractivity contribution < 1.29 is 45.7 Å². The van der Waals surface area contributed by atoms with Crippen LogP contribution in [0, 0.1) is 5.92 Å². The first-order valence-corrected chi connectivity index (χ1v) is 11.9. The van der Waals surface area contributed by atoms with Crippen molar-refractivity contribution in [3.05, 3.63) is 41.5 Å². The van der Waals surface area contributed by atoms with Gasteiger partial charge in [-0.2, -0.15) is 26.3 Å². The van der Waals surface area contributed by atoms with Crippen molar-refractivity contribution >= 4 is 16.9 Å². The van der Waals surface area contributed by atoms with E-state index in [4.69, 9.17) is 9.47 Å². The van der Waals surface area contributed by atoms with Gasteiger partial charge in [0.15, 0.2) is 0 Å². The van der Waals surface area contributed by atoms with E-state index in [2.05, 4.69) is 5.32 Å². The van der Waals surface area contributed by atoms with Gasteiger partial charge < -0.3 is 19.9 Å². The predicted octanol–water partition coefficient (Wildman–Crippen LogP) is 7.09. The second kappa shape index (κ2) is 10.2. The van der Waals surface area contributed by atoms with E-state index in [0.29, 0.717) is 5.56 Å². The van der Waals surface area contributed by atoms with Crippen LogP contribution in [0.3, 0.4) is 0 Å². The Morgan fingerprint density at radius 2 is 1.59 bits per heavy atom. The molecule has 0 radical (unpaired) electrons. The van der Waals surface area contributed by atoms with Gasteiger partial charge in [0.2, 0.25) is 0 Å². The molecule has 1 aliphatic rings. The van der Waals surface area contributed by atoms with Crippen LogP contribution in [0.4, 0.5) is 31.1 Å². The molecule has 2 aromatic rings. The summed E-state index contributed by atoms with van der Waals surface area (Å²) >= 11 is 0. The predicted molar refractivity (Wildman–Crippen MR) is 125 cm³/mol. The quantitative estimate of drug-likeness (QED) is 0.401. The van der Waals surface area contributed by atoms with E-state index in [1.54, 1.807) is 20.8 Å². The highest BCUT2D eigenvalue weighted by molar-refractivity contribution is 5.89. The van der Waals surface area contributed by atoms with E-state index in [1.807, 2.05) is 0 Å². The van der Waals surface area contributed by atoms with E-state index in [9.17, 15) is 36.2 Å². The van der Waals surface area contributed by atoms with Gasteiger partial charge in [-0.1, -0.05) is 18.2 Å². The van der Waals surface area contributed by atoms with Crippen LogP contribution in [0.15, 0.2) is 30.3 Å². The molecule has 1 saturated carbocycles. The number of carbonyl (C=O) groups is 1. The van der Waals surface area contributed by atoms with E-state index < -0.39 is 59.5 Å². The van der Waals surface area contributed by atoms with Gasteiger partial charge in [-0.15, -0.1) is 0 Å². The Morgan fingerprint density at radius 3 is 2.11 bits per heavy atom. The van der Waals surface area contributed by atoms with E-state index in [0.717, 1.165) is 6.07 Å². The van der Waals surface area contributed by atoms with Gasteiger partial charge in [-0.05, 0) is 81.8 Å². The molecule has 11 heteroatoms. The van der Waals surface area contributed by atoms with E-state index >= 15 is 0 Å². The Balaban J connectivity index is 1.91. The SMILES string of the molecule is CC(C)(C)OC(=O)N[C@@](C)(CO)c1ccc2c(C(F)(F)F)c(OC3CCC(C(F)(F)F)CC3)ccc2c1. The molecule has 0 bridgehead atoms. The minimum atomic E-state index is -4.80. The van der Waals surface area contributed by atoms with E-state index in [-0.39, 0.29) is 36.5 Å².